The van der Waals surface area contributed by atoms with Gasteiger partial charge in [0.1, 0.15) is 6.10 Å². The van der Waals surface area contributed by atoms with Crippen molar-refractivity contribution in [3.63, 3.8) is 0 Å². The van der Waals surface area contributed by atoms with Gasteiger partial charge >= 0.3 is 5.97 Å². The number of benzene rings is 1. The molecule has 1 aromatic carbocycles. The maximum atomic E-state index is 10.6. The van der Waals surface area contributed by atoms with Crippen LogP contribution in [0.1, 0.15) is 11.7 Å². The van der Waals surface area contributed by atoms with Crippen molar-refractivity contribution in [3.8, 4) is 0 Å². The number of nitro groups is 1. The predicted molar refractivity (Wildman–Crippen MR) is 51.7 cm³/mol. The molecule has 3 N–H and O–H groups in total. The maximum Gasteiger partial charge on any atom is 0.335 e. The minimum absolute atomic E-state index is 0.234. The normalized spacial score (nSPS) is 14.1. The molecule has 0 aromatic heterocycles. The van der Waals surface area contributed by atoms with Crippen LogP contribution in [-0.4, -0.2) is 32.3 Å². The number of aliphatic carboxylic acids is 1. The van der Waals surface area contributed by atoms with E-state index in [9.17, 15) is 20.0 Å². The van der Waals surface area contributed by atoms with E-state index in [1.165, 1.54) is 18.2 Å². The Balaban J connectivity index is 3.12. The van der Waals surface area contributed by atoms with Crippen molar-refractivity contribution in [3.05, 3.63) is 39.9 Å². The van der Waals surface area contributed by atoms with Crippen LogP contribution in [-0.2, 0) is 4.79 Å². The van der Waals surface area contributed by atoms with E-state index in [0.717, 1.165) is 6.07 Å². The fraction of sp³-hybridized carbons (Fsp3) is 0.222. The van der Waals surface area contributed by atoms with Gasteiger partial charge in [-0.15, -0.1) is 0 Å². The summed E-state index contributed by atoms with van der Waals surface area (Å²) >= 11 is 0. The highest BCUT2D eigenvalue weighted by Gasteiger charge is 2.30. The number of nitro benzene ring substituents is 1. The van der Waals surface area contributed by atoms with Crippen molar-refractivity contribution in [1.82, 2.24) is 0 Å². The summed E-state index contributed by atoms with van der Waals surface area (Å²) in [5.74, 6) is -1.65. The summed E-state index contributed by atoms with van der Waals surface area (Å²) in [6.45, 7) is 0. The SMILES string of the molecule is O=C(O)C(O)C(O)c1ccccc1[N+](=O)[O-]. The van der Waals surface area contributed by atoms with Crippen LogP contribution in [0.4, 0.5) is 5.69 Å². The van der Waals surface area contributed by atoms with Gasteiger partial charge in [-0.3, -0.25) is 10.1 Å². The van der Waals surface area contributed by atoms with Crippen molar-refractivity contribution >= 4 is 11.7 Å². The van der Waals surface area contributed by atoms with Crippen molar-refractivity contribution in [2.75, 3.05) is 0 Å². The molecule has 0 saturated carbocycles. The van der Waals surface area contributed by atoms with Gasteiger partial charge in [0.15, 0.2) is 6.10 Å². The lowest BCUT2D eigenvalue weighted by atomic mass is 10.0. The zero-order valence-electron chi connectivity index (χ0n) is 7.98. The number of carboxylic acid groups (broad SMARTS) is 1. The lowest BCUT2D eigenvalue weighted by Gasteiger charge is -2.13. The van der Waals surface area contributed by atoms with Crippen molar-refractivity contribution < 1.29 is 25.0 Å². The van der Waals surface area contributed by atoms with Crippen molar-refractivity contribution in [1.29, 1.82) is 0 Å². The molecule has 7 nitrogen and oxygen atoms in total. The van der Waals surface area contributed by atoms with Gasteiger partial charge in [-0.25, -0.2) is 4.79 Å². The smallest absolute Gasteiger partial charge is 0.335 e. The monoisotopic (exact) mass is 227 g/mol. The molecule has 0 amide bonds. The first-order valence-electron chi connectivity index (χ1n) is 4.27. The summed E-state index contributed by atoms with van der Waals surface area (Å²) < 4.78 is 0. The highest BCUT2D eigenvalue weighted by atomic mass is 16.6. The van der Waals surface area contributed by atoms with Crippen LogP contribution in [0.5, 0.6) is 0 Å². The molecule has 0 aliphatic heterocycles. The third-order valence-electron chi connectivity index (χ3n) is 2.00. The minimum atomic E-state index is -2.10. The molecule has 0 saturated heterocycles. The van der Waals surface area contributed by atoms with E-state index in [1.807, 2.05) is 0 Å². The Hall–Kier alpha value is -1.99. The summed E-state index contributed by atoms with van der Waals surface area (Å²) in [6, 6.07) is 5.09. The first-order valence-corrected chi connectivity index (χ1v) is 4.27. The minimum Gasteiger partial charge on any atom is -0.479 e. The van der Waals surface area contributed by atoms with Gasteiger partial charge in [0, 0.05) is 6.07 Å². The molecule has 1 rings (SSSR count). The van der Waals surface area contributed by atoms with Crippen LogP contribution >= 0.6 is 0 Å². The molecule has 2 atom stereocenters. The first kappa shape index (κ1) is 12.1. The second-order valence-corrected chi connectivity index (χ2v) is 3.04. The lowest BCUT2D eigenvalue weighted by molar-refractivity contribution is -0.386. The van der Waals surface area contributed by atoms with Crippen molar-refractivity contribution in [2.45, 2.75) is 12.2 Å². The quantitative estimate of drug-likeness (QED) is 0.494. The van der Waals surface area contributed by atoms with E-state index >= 15 is 0 Å². The van der Waals surface area contributed by atoms with Gasteiger partial charge in [-0.1, -0.05) is 12.1 Å². The average molecular weight is 227 g/mol. The second kappa shape index (κ2) is 4.69. The van der Waals surface area contributed by atoms with E-state index < -0.39 is 28.8 Å². The molecule has 7 heteroatoms. The summed E-state index contributed by atoms with van der Waals surface area (Å²) in [4.78, 5) is 20.2. The summed E-state index contributed by atoms with van der Waals surface area (Å²) in [6.07, 6.45) is -3.93. The number of hydrogen-bond donors (Lipinski definition) is 3. The molecular weight excluding hydrogens is 218 g/mol. The van der Waals surface area contributed by atoms with Crippen LogP contribution in [0.2, 0.25) is 0 Å². The first-order chi connectivity index (χ1) is 7.45. The Labute approximate surface area is 89.7 Å². The topological polar surface area (TPSA) is 121 Å². The number of aliphatic hydroxyl groups excluding tert-OH is 2. The van der Waals surface area contributed by atoms with Crippen LogP contribution in [0.15, 0.2) is 24.3 Å². The summed E-state index contributed by atoms with van der Waals surface area (Å²) in [5, 5.41) is 37.6. The molecule has 0 fully saturated rings. The van der Waals surface area contributed by atoms with Gasteiger partial charge in [0.25, 0.3) is 5.69 Å². The Morgan fingerprint density at radius 2 is 1.88 bits per heavy atom. The molecule has 0 aliphatic carbocycles. The summed E-state index contributed by atoms with van der Waals surface area (Å²) in [5.41, 5.74) is -0.669. The van der Waals surface area contributed by atoms with E-state index in [4.69, 9.17) is 10.2 Å². The molecular formula is C9H9NO6. The molecule has 0 aliphatic rings. The Kier molecular flexibility index (Phi) is 3.54. The van der Waals surface area contributed by atoms with Gasteiger partial charge in [0.2, 0.25) is 0 Å². The third-order valence-corrected chi connectivity index (χ3v) is 2.00. The highest BCUT2D eigenvalue weighted by molar-refractivity contribution is 5.73. The number of para-hydroxylation sites is 1. The largest absolute Gasteiger partial charge is 0.479 e. The van der Waals surface area contributed by atoms with Gasteiger partial charge in [-0.2, -0.15) is 0 Å². The van der Waals surface area contributed by atoms with Crippen LogP contribution < -0.4 is 0 Å². The standard InChI is InChI=1S/C9H9NO6/c11-7(8(12)9(13)14)5-3-1-2-4-6(5)10(15)16/h1-4,7-8,11-12H,(H,13,14). The lowest BCUT2D eigenvalue weighted by Crippen LogP contribution is -2.27. The van der Waals surface area contributed by atoms with Crippen LogP contribution in [0, 0.1) is 10.1 Å². The molecule has 1 aromatic rings. The molecule has 2 unspecified atom stereocenters. The molecule has 16 heavy (non-hydrogen) atoms. The van der Waals surface area contributed by atoms with Gasteiger partial charge < -0.3 is 15.3 Å². The maximum absolute atomic E-state index is 10.6. The van der Waals surface area contributed by atoms with Crippen molar-refractivity contribution in [2.24, 2.45) is 0 Å². The van der Waals surface area contributed by atoms with Crippen LogP contribution in [0.3, 0.4) is 0 Å². The van der Waals surface area contributed by atoms with E-state index in [0.29, 0.717) is 0 Å². The second-order valence-electron chi connectivity index (χ2n) is 3.04. The highest BCUT2D eigenvalue weighted by Crippen LogP contribution is 2.26. The molecule has 86 valence electrons. The number of rotatable bonds is 4. The van der Waals surface area contributed by atoms with E-state index in [-0.39, 0.29) is 5.56 Å². The number of nitrogens with zero attached hydrogens (tertiary/aromatic N) is 1. The zero-order chi connectivity index (χ0) is 12.3. The Morgan fingerprint density at radius 3 is 2.38 bits per heavy atom. The zero-order valence-corrected chi connectivity index (χ0v) is 7.98. The number of carboxylic acids is 1. The number of carbonyl (C=O) groups is 1. The Bertz CT molecular complexity index is 418. The van der Waals surface area contributed by atoms with E-state index in [2.05, 4.69) is 0 Å². The third kappa shape index (κ3) is 2.33. The van der Waals surface area contributed by atoms with E-state index in [1.54, 1.807) is 0 Å². The average Bonchev–Trinajstić information content (AvgIpc) is 2.26. The fourth-order valence-corrected chi connectivity index (χ4v) is 1.21. The summed E-state index contributed by atoms with van der Waals surface area (Å²) in [7, 11) is 0. The van der Waals surface area contributed by atoms with Gasteiger partial charge in [0.05, 0.1) is 10.5 Å². The predicted octanol–water partition coefficient (Wildman–Crippen LogP) is 0.0737. The van der Waals surface area contributed by atoms with Gasteiger partial charge in [-0.05, 0) is 6.07 Å². The molecule has 0 heterocycles. The number of aliphatic hydroxyl groups is 2. The Morgan fingerprint density at radius 1 is 1.31 bits per heavy atom. The fourth-order valence-electron chi connectivity index (χ4n) is 1.21. The molecule has 0 bridgehead atoms. The molecule has 0 spiro atoms. The number of hydrogen-bond acceptors (Lipinski definition) is 5. The van der Waals surface area contributed by atoms with Crippen LogP contribution in [0.25, 0.3) is 0 Å². The molecule has 0 radical (unpaired) electrons.